The molecule has 0 aliphatic heterocycles. The van der Waals surface area contributed by atoms with Gasteiger partial charge < -0.3 is 10.4 Å². The molecule has 0 spiro atoms. The summed E-state index contributed by atoms with van der Waals surface area (Å²) in [5.41, 5.74) is 0.181. The SMILES string of the molecule is CN/C(C=O)=C\O. The Morgan fingerprint density at radius 3 is 2.43 bits per heavy atom. The Balaban J connectivity index is 3.60. The van der Waals surface area contributed by atoms with Gasteiger partial charge in [-0.25, -0.2) is 0 Å². The molecule has 3 nitrogen and oxygen atoms in total. The normalized spacial score (nSPS) is 10.7. The van der Waals surface area contributed by atoms with E-state index < -0.39 is 0 Å². The van der Waals surface area contributed by atoms with Crippen molar-refractivity contribution in [3.63, 3.8) is 0 Å². The number of aldehydes is 1. The van der Waals surface area contributed by atoms with Crippen LogP contribution in [0, 0.1) is 0 Å². The van der Waals surface area contributed by atoms with E-state index in [0.29, 0.717) is 12.5 Å². The molecule has 0 bridgehead atoms. The van der Waals surface area contributed by atoms with E-state index in [1.807, 2.05) is 0 Å². The van der Waals surface area contributed by atoms with Crippen LogP contribution in [0.1, 0.15) is 0 Å². The average Bonchev–Trinajstić information content (AvgIpc) is 1.72. The number of carbonyl (C=O) groups is 1. The molecule has 0 aliphatic carbocycles. The molecule has 0 saturated carbocycles. The van der Waals surface area contributed by atoms with Crippen molar-refractivity contribution in [2.24, 2.45) is 0 Å². The third-order valence-electron chi connectivity index (χ3n) is 0.555. The molecule has 3 heteroatoms. The Kier molecular flexibility index (Phi) is 2.76. The van der Waals surface area contributed by atoms with Crippen LogP contribution in [0.25, 0.3) is 0 Å². The molecule has 40 valence electrons. The fourth-order valence-electron chi connectivity index (χ4n) is 0.154. The molecule has 0 aliphatic rings. The number of nitrogens with one attached hydrogen (secondary N) is 1. The number of rotatable bonds is 2. The summed E-state index contributed by atoms with van der Waals surface area (Å²) in [6.07, 6.45) is 1.24. The van der Waals surface area contributed by atoms with Gasteiger partial charge in [0.25, 0.3) is 0 Å². The van der Waals surface area contributed by atoms with Crippen molar-refractivity contribution >= 4 is 6.29 Å². The standard InChI is InChI=1S/C4H7NO2/c1-5-4(2-6)3-7/h2-3,5-6H,1H3/b4-2-. The van der Waals surface area contributed by atoms with E-state index in [4.69, 9.17) is 5.11 Å². The van der Waals surface area contributed by atoms with Gasteiger partial charge in [-0.15, -0.1) is 0 Å². The fraction of sp³-hybridized carbons (Fsp3) is 0.250. The third kappa shape index (κ3) is 1.81. The highest BCUT2D eigenvalue weighted by Gasteiger charge is 1.82. The van der Waals surface area contributed by atoms with Crippen molar-refractivity contribution in [2.75, 3.05) is 7.05 Å². The van der Waals surface area contributed by atoms with E-state index in [0.717, 1.165) is 0 Å². The molecule has 0 amide bonds. The van der Waals surface area contributed by atoms with Crippen LogP contribution in [-0.2, 0) is 4.79 Å². The predicted molar refractivity (Wildman–Crippen MR) is 25.8 cm³/mol. The van der Waals surface area contributed by atoms with Gasteiger partial charge in [0.15, 0.2) is 6.29 Å². The first kappa shape index (κ1) is 6.01. The highest BCUT2D eigenvalue weighted by atomic mass is 16.2. The van der Waals surface area contributed by atoms with Gasteiger partial charge in [-0.2, -0.15) is 0 Å². The first-order chi connectivity index (χ1) is 3.35. The van der Waals surface area contributed by atoms with E-state index >= 15 is 0 Å². The second-order valence-electron chi connectivity index (χ2n) is 0.952. The predicted octanol–water partition coefficient (Wildman–Crippen LogP) is -0.196. The molecule has 0 aromatic heterocycles. The van der Waals surface area contributed by atoms with Crippen LogP contribution < -0.4 is 5.32 Å². The molecule has 0 aromatic rings. The highest BCUT2D eigenvalue weighted by molar-refractivity contribution is 5.71. The number of allylic oxidation sites excluding steroid dienone is 1. The van der Waals surface area contributed by atoms with Crippen LogP contribution in [0.3, 0.4) is 0 Å². The summed E-state index contributed by atoms with van der Waals surface area (Å²) in [6.45, 7) is 0. The Hall–Kier alpha value is -0.990. The van der Waals surface area contributed by atoms with Crippen molar-refractivity contribution < 1.29 is 9.90 Å². The molecule has 0 saturated heterocycles. The lowest BCUT2D eigenvalue weighted by Gasteiger charge is -1.89. The lowest BCUT2D eigenvalue weighted by Crippen LogP contribution is -2.05. The number of hydrogen-bond donors (Lipinski definition) is 2. The second kappa shape index (κ2) is 3.21. The lowest BCUT2D eigenvalue weighted by atomic mass is 10.5. The molecule has 2 N–H and O–H groups in total. The molecule has 0 rings (SSSR count). The molecule has 0 fully saturated rings. The summed E-state index contributed by atoms with van der Waals surface area (Å²) in [5, 5.41) is 10.5. The van der Waals surface area contributed by atoms with E-state index in [2.05, 4.69) is 5.32 Å². The zero-order valence-electron chi connectivity index (χ0n) is 4.01. The summed E-state index contributed by atoms with van der Waals surface area (Å²) in [4.78, 5) is 9.68. The number of hydrogen-bond acceptors (Lipinski definition) is 3. The van der Waals surface area contributed by atoms with Crippen LogP contribution in [-0.4, -0.2) is 18.4 Å². The maximum Gasteiger partial charge on any atom is 0.169 e. The van der Waals surface area contributed by atoms with Gasteiger partial charge in [0.2, 0.25) is 0 Å². The number of likely N-dealkylation sites (N-methyl/N-ethyl adjacent to an activating group) is 1. The van der Waals surface area contributed by atoms with Crippen LogP contribution >= 0.6 is 0 Å². The zero-order valence-corrected chi connectivity index (χ0v) is 4.01. The Morgan fingerprint density at radius 2 is 2.43 bits per heavy atom. The molecule has 7 heavy (non-hydrogen) atoms. The van der Waals surface area contributed by atoms with E-state index in [-0.39, 0.29) is 5.70 Å². The van der Waals surface area contributed by atoms with Gasteiger partial charge in [0, 0.05) is 7.05 Å². The molecular formula is C4H7NO2. The molecule has 0 heterocycles. The van der Waals surface area contributed by atoms with Gasteiger partial charge in [-0.05, 0) is 0 Å². The van der Waals surface area contributed by atoms with Crippen molar-refractivity contribution in [1.82, 2.24) is 5.32 Å². The van der Waals surface area contributed by atoms with Gasteiger partial charge in [0.05, 0.1) is 0 Å². The molecule has 0 atom stereocenters. The minimum atomic E-state index is 0.181. The first-order valence-corrected chi connectivity index (χ1v) is 1.82. The van der Waals surface area contributed by atoms with E-state index in [9.17, 15) is 4.79 Å². The Labute approximate surface area is 41.7 Å². The highest BCUT2D eigenvalue weighted by Crippen LogP contribution is 1.72. The van der Waals surface area contributed by atoms with E-state index in [1.165, 1.54) is 0 Å². The summed E-state index contributed by atoms with van der Waals surface area (Å²) < 4.78 is 0. The Bertz CT molecular complexity index is 87.7. The Morgan fingerprint density at radius 1 is 1.86 bits per heavy atom. The van der Waals surface area contributed by atoms with Crippen molar-refractivity contribution in [1.29, 1.82) is 0 Å². The minimum absolute atomic E-state index is 0.181. The quantitative estimate of drug-likeness (QED) is 0.288. The van der Waals surface area contributed by atoms with Crippen molar-refractivity contribution in [2.45, 2.75) is 0 Å². The second-order valence-corrected chi connectivity index (χ2v) is 0.952. The third-order valence-corrected chi connectivity index (χ3v) is 0.555. The summed E-state index contributed by atoms with van der Waals surface area (Å²) in [5.74, 6) is 0. The largest absolute Gasteiger partial charge is 0.513 e. The number of carbonyl (C=O) groups excluding carboxylic acids is 1. The van der Waals surface area contributed by atoms with Crippen LogP contribution in [0.2, 0.25) is 0 Å². The van der Waals surface area contributed by atoms with Crippen molar-refractivity contribution in [3.05, 3.63) is 12.0 Å². The smallest absolute Gasteiger partial charge is 0.169 e. The number of aliphatic hydroxyl groups is 1. The van der Waals surface area contributed by atoms with Crippen LogP contribution in [0.5, 0.6) is 0 Å². The van der Waals surface area contributed by atoms with Gasteiger partial charge >= 0.3 is 0 Å². The monoisotopic (exact) mass is 101 g/mol. The average molecular weight is 101 g/mol. The van der Waals surface area contributed by atoms with Crippen LogP contribution in [0.4, 0.5) is 0 Å². The number of aliphatic hydroxyl groups excluding tert-OH is 1. The maximum absolute atomic E-state index is 9.68. The van der Waals surface area contributed by atoms with Crippen LogP contribution in [0.15, 0.2) is 12.0 Å². The molecular weight excluding hydrogens is 94.0 g/mol. The molecule has 0 aromatic carbocycles. The lowest BCUT2D eigenvalue weighted by molar-refractivity contribution is -0.105. The topological polar surface area (TPSA) is 49.3 Å². The van der Waals surface area contributed by atoms with Crippen molar-refractivity contribution in [3.8, 4) is 0 Å². The van der Waals surface area contributed by atoms with Gasteiger partial charge in [-0.3, -0.25) is 4.79 Å². The fourth-order valence-corrected chi connectivity index (χ4v) is 0.154. The maximum atomic E-state index is 9.68. The summed E-state index contributed by atoms with van der Waals surface area (Å²) >= 11 is 0. The summed E-state index contributed by atoms with van der Waals surface area (Å²) in [7, 11) is 1.55. The zero-order chi connectivity index (χ0) is 5.70. The first-order valence-electron chi connectivity index (χ1n) is 1.82. The minimum Gasteiger partial charge on any atom is -0.513 e. The van der Waals surface area contributed by atoms with E-state index in [1.54, 1.807) is 7.05 Å². The van der Waals surface area contributed by atoms with Gasteiger partial charge in [0.1, 0.15) is 12.0 Å². The summed E-state index contributed by atoms with van der Waals surface area (Å²) in [6, 6.07) is 0. The molecule has 0 unspecified atom stereocenters. The molecule has 0 radical (unpaired) electrons. The van der Waals surface area contributed by atoms with Gasteiger partial charge in [-0.1, -0.05) is 0 Å².